The zero-order valence-corrected chi connectivity index (χ0v) is 10.6. The van der Waals surface area contributed by atoms with E-state index in [1.807, 2.05) is 13.8 Å². The summed E-state index contributed by atoms with van der Waals surface area (Å²) in [6.45, 7) is 11.0. The molecule has 90 valence electrons. The molecule has 0 radical (unpaired) electrons. The van der Waals surface area contributed by atoms with Gasteiger partial charge in [0.05, 0.1) is 5.69 Å². The molecule has 0 unspecified atom stereocenters. The van der Waals surface area contributed by atoms with Crippen molar-refractivity contribution >= 4 is 0 Å². The van der Waals surface area contributed by atoms with Crippen LogP contribution in [0.1, 0.15) is 45.1 Å². The van der Waals surface area contributed by atoms with E-state index in [1.165, 1.54) is 0 Å². The molecular formula is C12H21N3O. The van der Waals surface area contributed by atoms with Crippen molar-refractivity contribution in [3.63, 3.8) is 0 Å². The molecule has 0 bridgehead atoms. The van der Waals surface area contributed by atoms with Crippen molar-refractivity contribution in [3.8, 4) is 0 Å². The van der Waals surface area contributed by atoms with Gasteiger partial charge in [0.1, 0.15) is 5.82 Å². The van der Waals surface area contributed by atoms with Crippen LogP contribution in [0.25, 0.3) is 0 Å². The second-order valence-corrected chi connectivity index (χ2v) is 4.24. The average molecular weight is 223 g/mol. The van der Waals surface area contributed by atoms with Gasteiger partial charge in [-0.2, -0.15) is 0 Å². The highest BCUT2D eigenvalue weighted by Gasteiger charge is 2.07. The van der Waals surface area contributed by atoms with Crippen LogP contribution >= 0.6 is 0 Å². The normalized spacial score (nSPS) is 11.4. The number of hydrogen-bond acceptors (Lipinski definition) is 3. The van der Waals surface area contributed by atoms with E-state index >= 15 is 0 Å². The van der Waals surface area contributed by atoms with Gasteiger partial charge >= 0.3 is 0 Å². The van der Waals surface area contributed by atoms with E-state index in [9.17, 15) is 4.79 Å². The smallest absolute Gasteiger partial charge is 0.251 e. The number of H-pyrrole nitrogens is 1. The van der Waals surface area contributed by atoms with Crippen LogP contribution in [0.2, 0.25) is 0 Å². The van der Waals surface area contributed by atoms with Gasteiger partial charge in [0.2, 0.25) is 0 Å². The van der Waals surface area contributed by atoms with Crippen molar-refractivity contribution in [1.82, 2.24) is 14.9 Å². The Kier molecular flexibility index (Phi) is 4.68. The van der Waals surface area contributed by atoms with Gasteiger partial charge in [0.25, 0.3) is 5.56 Å². The van der Waals surface area contributed by atoms with E-state index in [0.29, 0.717) is 0 Å². The second-order valence-electron chi connectivity index (χ2n) is 4.24. The molecule has 1 N–H and O–H groups in total. The van der Waals surface area contributed by atoms with Gasteiger partial charge in [-0.3, -0.25) is 9.69 Å². The first kappa shape index (κ1) is 12.9. The van der Waals surface area contributed by atoms with Crippen molar-refractivity contribution in [2.24, 2.45) is 0 Å². The van der Waals surface area contributed by atoms with Gasteiger partial charge in [0, 0.05) is 18.5 Å². The molecule has 0 saturated heterocycles. The van der Waals surface area contributed by atoms with Crippen molar-refractivity contribution in [3.05, 3.63) is 27.9 Å². The van der Waals surface area contributed by atoms with E-state index in [0.717, 1.165) is 31.2 Å². The topological polar surface area (TPSA) is 49.0 Å². The zero-order valence-electron chi connectivity index (χ0n) is 10.6. The number of nitrogens with zero attached hydrogens (tertiary/aromatic N) is 2. The first-order valence-corrected chi connectivity index (χ1v) is 5.89. The Hall–Kier alpha value is -1.16. The van der Waals surface area contributed by atoms with Gasteiger partial charge < -0.3 is 4.98 Å². The molecule has 0 aliphatic carbocycles. The summed E-state index contributed by atoms with van der Waals surface area (Å²) in [4.78, 5) is 20.9. The van der Waals surface area contributed by atoms with Gasteiger partial charge in [-0.1, -0.05) is 27.7 Å². The predicted octanol–water partition coefficient (Wildman–Crippen LogP) is 1.74. The lowest BCUT2D eigenvalue weighted by atomic mass is 10.2. The molecule has 0 atom stereocenters. The van der Waals surface area contributed by atoms with Crippen LogP contribution in [0.3, 0.4) is 0 Å². The molecule has 1 heterocycles. The standard InChI is InChI=1S/C12H21N3O/c1-5-15(6-2)8-10-7-11(16)14-12(13-10)9(3)4/h7,9H,5-6,8H2,1-4H3,(H,13,14,16). The maximum atomic E-state index is 11.5. The molecule has 4 heteroatoms. The molecule has 0 aromatic carbocycles. The lowest BCUT2D eigenvalue weighted by Crippen LogP contribution is -2.24. The zero-order chi connectivity index (χ0) is 12.1. The lowest BCUT2D eigenvalue weighted by molar-refractivity contribution is 0.291. The van der Waals surface area contributed by atoms with E-state index < -0.39 is 0 Å². The number of aromatic amines is 1. The molecular weight excluding hydrogens is 202 g/mol. The summed E-state index contributed by atoms with van der Waals surface area (Å²) in [5.74, 6) is 1.03. The first-order chi connectivity index (χ1) is 7.56. The third kappa shape index (κ3) is 3.45. The highest BCUT2D eigenvalue weighted by molar-refractivity contribution is 5.05. The summed E-state index contributed by atoms with van der Waals surface area (Å²) in [5, 5.41) is 0. The van der Waals surface area contributed by atoms with Crippen LogP contribution in [-0.4, -0.2) is 28.0 Å². The Labute approximate surface area is 96.7 Å². The summed E-state index contributed by atoms with van der Waals surface area (Å²) < 4.78 is 0. The average Bonchev–Trinajstić information content (AvgIpc) is 2.25. The summed E-state index contributed by atoms with van der Waals surface area (Å²) in [7, 11) is 0. The molecule has 0 fully saturated rings. The van der Waals surface area contributed by atoms with Gasteiger partial charge in [0.15, 0.2) is 0 Å². The number of aromatic nitrogens is 2. The SMILES string of the molecule is CCN(CC)Cc1cc(=O)[nH]c(C(C)C)n1. The fraction of sp³-hybridized carbons (Fsp3) is 0.667. The van der Waals surface area contributed by atoms with Crippen LogP contribution in [0, 0.1) is 0 Å². The molecule has 4 nitrogen and oxygen atoms in total. The Morgan fingerprint density at radius 3 is 2.50 bits per heavy atom. The highest BCUT2D eigenvalue weighted by atomic mass is 16.1. The van der Waals surface area contributed by atoms with Crippen molar-refractivity contribution in [1.29, 1.82) is 0 Å². The van der Waals surface area contributed by atoms with Crippen molar-refractivity contribution in [2.45, 2.75) is 40.2 Å². The minimum atomic E-state index is -0.0548. The minimum absolute atomic E-state index is 0.0548. The molecule has 0 saturated carbocycles. The molecule has 0 amide bonds. The number of hydrogen-bond donors (Lipinski definition) is 1. The van der Waals surface area contributed by atoms with Crippen molar-refractivity contribution < 1.29 is 0 Å². The van der Waals surface area contributed by atoms with Crippen LogP contribution in [0.5, 0.6) is 0 Å². The summed E-state index contributed by atoms with van der Waals surface area (Å²) in [6.07, 6.45) is 0. The third-order valence-corrected chi connectivity index (χ3v) is 2.64. The maximum absolute atomic E-state index is 11.5. The summed E-state index contributed by atoms with van der Waals surface area (Å²) >= 11 is 0. The monoisotopic (exact) mass is 223 g/mol. The Morgan fingerprint density at radius 2 is 2.00 bits per heavy atom. The molecule has 1 rings (SSSR count). The van der Waals surface area contributed by atoms with Crippen molar-refractivity contribution in [2.75, 3.05) is 13.1 Å². The lowest BCUT2D eigenvalue weighted by Gasteiger charge is -2.17. The largest absolute Gasteiger partial charge is 0.310 e. The summed E-state index contributed by atoms with van der Waals surface area (Å²) in [5.41, 5.74) is 0.803. The fourth-order valence-corrected chi connectivity index (χ4v) is 1.56. The molecule has 0 aliphatic rings. The molecule has 1 aromatic heterocycles. The first-order valence-electron chi connectivity index (χ1n) is 5.89. The Morgan fingerprint density at radius 1 is 1.38 bits per heavy atom. The predicted molar refractivity (Wildman–Crippen MR) is 65.6 cm³/mol. The van der Waals surface area contributed by atoms with Crippen LogP contribution in [-0.2, 0) is 6.54 Å². The van der Waals surface area contributed by atoms with E-state index in [-0.39, 0.29) is 11.5 Å². The van der Waals surface area contributed by atoms with Crippen LogP contribution < -0.4 is 5.56 Å². The number of rotatable bonds is 5. The molecule has 0 aliphatic heterocycles. The van der Waals surface area contributed by atoms with Gasteiger partial charge in [-0.15, -0.1) is 0 Å². The molecule has 0 spiro atoms. The van der Waals surface area contributed by atoms with Crippen LogP contribution in [0.15, 0.2) is 10.9 Å². The van der Waals surface area contributed by atoms with E-state index in [4.69, 9.17) is 0 Å². The Balaban J connectivity index is 2.92. The summed E-state index contributed by atoms with van der Waals surface area (Å²) in [6, 6.07) is 1.59. The maximum Gasteiger partial charge on any atom is 0.251 e. The third-order valence-electron chi connectivity index (χ3n) is 2.64. The van der Waals surface area contributed by atoms with Gasteiger partial charge in [-0.05, 0) is 13.1 Å². The Bertz CT molecular complexity index is 380. The quantitative estimate of drug-likeness (QED) is 0.827. The number of nitrogens with one attached hydrogen (secondary N) is 1. The second kappa shape index (κ2) is 5.80. The molecule has 1 aromatic rings. The van der Waals surface area contributed by atoms with E-state index in [1.54, 1.807) is 6.07 Å². The minimum Gasteiger partial charge on any atom is -0.310 e. The van der Waals surface area contributed by atoms with E-state index in [2.05, 4.69) is 28.7 Å². The van der Waals surface area contributed by atoms with Gasteiger partial charge in [-0.25, -0.2) is 4.98 Å². The fourth-order valence-electron chi connectivity index (χ4n) is 1.56. The van der Waals surface area contributed by atoms with Crippen LogP contribution in [0.4, 0.5) is 0 Å². The highest BCUT2D eigenvalue weighted by Crippen LogP contribution is 2.07. The molecule has 16 heavy (non-hydrogen) atoms.